The Kier molecular flexibility index (Phi) is 5.07. The van der Waals surface area contributed by atoms with Crippen LogP contribution in [0.2, 0.25) is 0 Å². The Balaban J connectivity index is 3.91. The van der Waals surface area contributed by atoms with Crippen LogP contribution in [-0.4, -0.2) is 41.5 Å². The number of rotatable bonds is 5. The van der Waals surface area contributed by atoms with Gasteiger partial charge in [-0.2, -0.15) is 0 Å². The van der Waals surface area contributed by atoms with Crippen LogP contribution in [-0.2, 0) is 4.79 Å². The summed E-state index contributed by atoms with van der Waals surface area (Å²) < 4.78 is 0. The van der Waals surface area contributed by atoms with Crippen molar-refractivity contribution in [2.75, 3.05) is 19.7 Å². The Bertz CT molecular complexity index is 125. The van der Waals surface area contributed by atoms with Crippen LogP contribution in [0.3, 0.4) is 0 Å². The van der Waals surface area contributed by atoms with E-state index in [4.69, 9.17) is 5.11 Å². The summed E-state index contributed by atoms with van der Waals surface area (Å²) >= 11 is 0. The smallest absolute Gasteiger partial charge is 0.146 e. The summed E-state index contributed by atoms with van der Waals surface area (Å²) in [4.78, 5) is 12.8. The normalized spacial score (nSPS) is 13.5. The lowest BCUT2D eigenvalue weighted by Crippen LogP contribution is -2.39. The number of carbonyl (C=O) groups is 1. The van der Waals surface area contributed by atoms with Crippen LogP contribution < -0.4 is 0 Å². The first-order chi connectivity index (χ1) is 5.13. The largest absolute Gasteiger partial charge is 0.395 e. The molecular formula is C8H17NO2. The second-order valence-corrected chi connectivity index (χ2v) is 2.64. The van der Waals surface area contributed by atoms with E-state index in [0.29, 0.717) is 6.54 Å². The minimum Gasteiger partial charge on any atom is -0.395 e. The van der Waals surface area contributed by atoms with Crippen molar-refractivity contribution in [1.29, 1.82) is 0 Å². The van der Waals surface area contributed by atoms with Gasteiger partial charge in [-0.05, 0) is 20.4 Å². The van der Waals surface area contributed by atoms with Crippen LogP contribution in [0.5, 0.6) is 0 Å². The zero-order chi connectivity index (χ0) is 8.85. The van der Waals surface area contributed by atoms with Gasteiger partial charge in [-0.15, -0.1) is 0 Å². The van der Waals surface area contributed by atoms with Crippen molar-refractivity contribution < 1.29 is 9.90 Å². The molecule has 1 N–H and O–H groups in total. The minimum atomic E-state index is -0.0628. The Morgan fingerprint density at radius 2 is 2.18 bits per heavy atom. The highest BCUT2D eigenvalue weighted by atomic mass is 16.3. The molecule has 0 bridgehead atoms. The first-order valence-electron chi connectivity index (χ1n) is 3.98. The Hall–Kier alpha value is -0.410. The number of Topliss-reactive ketones (excluding diaryl/α,β-unsaturated/α-hetero) is 1. The van der Waals surface area contributed by atoms with Crippen LogP contribution in [0.4, 0.5) is 0 Å². The highest BCUT2D eigenvalue weighted by Crippen LogP contribution is 1.98. The Morgan fingerprint density at radius 3 is 2.45 bits per heavy atom. The summed E-state index contributed by atoms with van der Waals surface area (Å²) in [5.74, 6) is 0.153. The molecule has 0 fully saturated rings. The number of ketones is 1. The fourth-order valence-electron chi connectivity index (χ4n) is 1.01. The van der Waals surface area contributed by atoms with Crippen molar-refractivity contribution in [3.63, 3.8) is 0 Å². The van der Waals surface area contributed by atoms with Gasteiger partial charge < -0.3 is 5.11 Å². The summed E-state index contributed by atoms with van der Waals surface area (Å²) in [6, 6.07) is -0.0628. The molecular weight excluding hydrogens is 142 g/mol. The number of likely N-dealkylation sites (N-methyl/N-ethyl adjacent to an activating group) is 1. The molecule has 1 atom stereocenters. The summed E-state index contributed by atoms with van der Waals surface area (Å²) in [5.41, 5.74) is 0. The van der Waals surface area contributed by atoms with E-state index in [2.05, 4.69) is 0 Å². The molecule has 0 rings (SSSR count). The van der Waals surface area contributed by atoms with Crippen LogP contribution in [0.15, 0.2) is 0 Å². The lowest BCUT2D eigenvalue weighted by atomic mass is 10.2. The SMILES string of the molecule is CCN(CCO)C(C)C(C)=O. The zero-order valence-corrected chi connectivity index (χ0v) is 7.50. The highest BCUT2D eigenvalue weighted by molar-refractivity contribution is 5.80. The molecule has 0 aromatic rings. The molecule has 0 amide bonds. The van der Waals surface area contributed by atoms with Crippen molar-refractivity contribution in [3.8, 4) is 0 Å². The van der Waals surface area contributed by atoms with Gasteiger partial charge in [-0.25, -0.2) is 0 Å². The lowest BCUT2D eigenvalue weighted by molar-refractivity contribution is -0.121. The number of hydrogen-bond acceptors (Lipinski definition) is 3. The molecule has 1 unspecified atom stereocenters. The average molecular weight is 159 g/mol. The van der Waals surface area contributed by atoms with Crippen LogP contribution in [0.1, 0.15) is 20.8 Å². The van der Waals surface area contributed by atoms with E-state index in [9.17, 15) is 4.79 Å². The molecule has 0 saturated heterocycles. The monoisotopic (exact) mass is 159 g/mol. The third-order valence-corrected chi connectivity index (χ3v) is 1.93. The predicted molar refractivity (Wildman–Crippen MR) is 44.5 cm³/mol. The van der Waals surface area contributed by atoms with Gasteiger partial charge in [-0.3, -0.25) is 9.69 Å². The molecule has 3 nitrogen and oxygen atoms in total. The number of nitrogens with zero attached hydrogens (tertiary/aromatic N) is 1. The molecule has 0 saturated carbocycles. The molecule has 3 heteroatoms. The van der Waals surface area contributed by atoms with E-state index in [1.807, 2.05) is 18.7 Å². The summed E-state index contributed by atoms with van der Waals surface area (Å²) in [6.45, 7) is 6.92. The molecule has 0 aliphatic heterocycles. The molecule has 0 heterocycles. The molecule has 0 aliphatic rings. The van der Waals surface area contributed by atoms with Crippen molar-refractivity contribution in [3.05, 3.63) is 0 Å². The van der Waals surface area contributed by atoms with Gasteiger partial charge in [0.2, 0.25) is 0 Å². The van der Waals surface area contributed by atoms with Crippen molar-refractivity contribution in [2.45, 2.75) is 26.8 Å². The van der Waals surface area contributed by atoms with Gasteiger partial charge in [0.1, 0.15) is 5.78 Å². The third-order valence-electron chi connectivity index (χ3n) is 1.93. The van der Waals surface area contributed by atoms with Crippen LogP contribution in [0, 0.1) is 0 Å². The average Bonchev–Trinajstić information content (AvgIpc) is 1.98. The molecule has 0 aromatic heterocycles. The highest BCUT2D eigenvalue weighted by Gasteiger charge is 2.14. The topological polar surface area (TPSA) is 40.5 Å². The lowest BCUT2D eigenvalue weighted by Gasteiger charge is -2.24. The maximum Gasteiger partial charge on any atom is 0.146 e. The van der Waals surface area contributed by atoms with Gasteiger partial charge in [0.25, 0.3) is 0 Å². The molecule has 0 aliphatic carbocycles. The van der Waals surface area contributed by atoms with Gasteiger partial charge >= 0.3 is 0 Å². The van der Waals surface area contributed by atoms with E-state index in [1.165, 1.54) is 0 Å². The maximum absolute atomic E-state index is 10.9. The van der Waals surface area contributed by atoms with Crippen LogP contribution >= 0.6 is 0 Å². The van der Waals surface area contributed by atoms with Crippen molar-refractivity contribution in [1.82, 2.24) is 4.90 Å². The molecule has 66 valence electrons. The standard InChI is InChI=1S/C8H17NO2/c1-4-9(5-6-10)7(2)8(3)11/h7,10H,4-6H2,1-3H3. The van der Waals surface area contributed by atoms with E-state index in [-0.39, 0.29) is 18.4 Å². The van der Waals surface area contributed by atoms with Crippen molar-refractivity contribution >= 4 is 5.78 Å². The molecule has 0 aromatic carbocycles. The fourth-order valence-corrected chi connectivity index (χ4v) is 1.01. The number of carbonyl (C=O) groups excluding carboxylic acids is 1. The third kappa shape index (κ3) is 3.49. The molecule has 0 radical (unpaired) electrons. The van der Waals surface area contributed by atoms with Crippen LogP contribution in [0.25, 0.3) is 0 Å². The summed E-state index contributed by atoms with van der Waals surface area (Å²) in [7, 11) is 0. The van der Waals surface area contributed by atoms with Gasteiger partial charge in [0, 0.05) is 6.54 Å². The van der Waals surface area contributed by atoms with E-state index in [1.54, 1.807) is 6.92 Å². The van der Waals surface area contributed by atoms with Gasteiger partial charge in [0.05, 0.1) is 12.6 Å². The molecule has 0 spiro atoms. The number of aliphatic hydroxyl groups excluding tert-OH is 1. The number of hydrogen-bond donors (Lipinski definition) is 1. The van der Waals surface area contributed by atoms with E-state index < -0.39 is 0 Å². The second kappa shape index (κ2) is 5.27. The first kappa shape index (κ1) is 10.6. The summed E-state index contributed by atoms with van der Waals surface area (Å²) in [5, 5.41) is 8.65. The minimum absolute atomic E-state index is 0.0628. The first-order valence-corrected chi connectivity index (χ1v) is 3.98. The van der Waals surface area contributed by atoms with Crippen molar-refractivity contribution in [2.24, 2.45) is 0 Å². The van der Waals surface area contributed by atoms with E-state index in [0.717, 1.165) is 6.54 Å². The maximum atomic E-state index is 10.9. The van der Waals surface area contributed by atoms with E-state index >= 15 is 0 Å². The van der Waals surface area contributed by atoms with Gasteiger partial charge in [0.15, 0.2) is 0 Å². The quantitative estimate of drug-likeness (QED) is 0.626. The Morgan fingerprint density at radius 1 is 1.64 bits per heavy atom. The molecule has 11 heavy (non-hydrogen) atoms. The number of aliphatic hydroxyl groups is 1. The summed E-state index contributed by atoms with van der Waals surface area (Å²) in [6.07, 6.45) is 0. The predicted octanol–water partition coefficient (Wildman–Crippen LogP) is 0.278. The zero-order valence-electron chi connectivity index (χ0n) is 7.50. The van der Waals surface area contributed by atoms with Gasteiger partial charge in [-0.1, -0.05) is 6.92 Å². The fraction of sp³-hybridized carbons (Fsp3) is 0.875. The Labute approximate surface area is 68.0 Å². The second-order valence-electron chi connectivity index (χ2n) is 2.64.